The van der Waals surface area contributed by atoms with Crippen molar-refractivity contribution in [3.63, 3.8) is 0 Å². The molecule has 5 nitrogen and oxygen atoms in total. The Kier molecular flexibility index (Phi) is 6.87. The topological polar surface area (TPSA) is 67.3 Å². The predicted octanol–water partition coefficient (Wildman–Crippen LogP) is 5.01. The number of aliphatic hydroxyl groups excluding tert-OH is 1. The number of rotatable bonds is 7. The molecule has 0 spiro atoms. The molecule has 0 amide bonds. The molecule has 2 unspecified atom stereocenters. The molecule has 3 aromatic rings. The van der Waals surface area contributed by atoms with Crippen LogP contribution in [0.2, 0.25) is 0 Å². The molecule has 2 aromatic carbocycles. The van der Waals surface area contributed by atoms with Crippen LogP contribution in [0.5, 0.6) is 0 Å². The van der Waals surface area contributed by atoms with E-state index in [0.29, 0.717) is 17.8 Å². The molecular formula is C27H38N4O. The SMILES string of the molecule is CC(C)c1ccc(C2CCN(CC(O)CC(C)c3cccc4c3nc(N)n4C)CC2)cc1. The van der Waals surface area contributed by atoms with Crippen LogP contribution in [0.15, 0.2) is 42.5 Å². The number of hydrogen-bond donors (Lipinski definition) is 2. The fraction of sp³-hybridized carbons (Fsp3) is 0.519. The molecule has 4 rings (SSSR count). The van der Waals surface area contributed by atoms with Crippen LogP contribution in [-0.4, -0.2) is 45.3 Å². The number of benzene rings is 2. The first-order chi connectivity index (χ1) is 15.3. The number of aliphatic hydroxyl groups is 1. The molecule has 0 aliphatic carbocycles. The van der Waals surface area contributed by atoms with E-state index in [0.717, 1.165) is 55.5 Å². The minimum Gasteiger partial charge on any atom is -0.392 e. The van der Waals surface area contributed by atoms with E-state index < -0.39 is 0 Å². The molecule has 2 heterocycles. The van der Waals surface area contributed by atoms with Crippen LogP contribution in [0.1, 0.15) is 74.5 Å². The molecular weight excluding hydrogens is 396 g/mol. The third-order valence-corrected chi connectivity index (χ3v) is 7.26. The number of aromatic nitrogens is 2. The van der Waals surface area contributed by atoms with E-state index in [1.54, 1.807) is 0 Å². The summed E-state index contributed by atoms with van der Waals surface area (Å²) in [6, 6.07) is 15.4. The van der Waals surface area contributed by atoms with Gasteiger partial charge in [-0.05, 0) is 72.9 Å². The summed E-state index contributed by atoms with van der Waals surface area (Å²) in [5.74, 6) is 1.97. The number of likely N-dealkylation sites (tertiary alicyclic amines) is 1. The second-order valence-corrected chi connectivity index (χ2v) is 9.93. The van der Waals surface area contributed by atoms with Gasteiger partial charge in [-0.2, -0.15) is 0 Å². The van der Waals surface area contributed by atoms with Crippen molar-refractivity contribution in [2.24, 2.45) is 7.05 Å². The first-order valence-electron chi connectivity index (χ1n) is 12.0. The van der Waals surface area contributed by atoms with E-state index in [2.05, 4.69) is 67.1 Å². The molecule has 2 atom stereocenters. The molecule has 5 heteroatoms. The van der Waals surface area contributed by atoms with Crippen molar-refractivity contribution in [1.82, 2.24) is 14.5 Å². The lowest BCUT2D eigenvalue weighted by atomic mass is 9.87. The van der Waals surface area contributed by atoms with Gasteiger partial charge in [0.2, 0.25) is 5.95 Å². The number of hydrogen-bond acceptors (Lipinski definition) is 4. The first kappa shape index (κ1) is 22.8. The third kappa shape index (κ3) is 4.84. The van der Waals surface area contributed by atoms with Gasteiger partial charge in [-0.3, -0.25) is 0 Å². The van der Waals surface area contributed by atoms with E-state index in [1.165, 1.54) is 11.1 Å². The van der Waals surface area contributed by atoms with Gasteiger partial charge in [-0.15, -0.1) is 0 Å². The number of fused-ring (bicyclic) bond motifs is 1. The van der Waals surface area contributed by atoms with Crippen LogP contribution in [-0.2, 0) is 7.05 Å². The van der Waals surface area contributed by atoms with Crippen LogP contribution in [0.4, 0.5) is 5.95 Å². The van der Waals surface area contributed by atoms with Gasteiger partial charge < -0.3 is 20.3 Å². The Hall–Kier alpha value is -2.37. The summed E-state index contributed by atoms with van der Waals surface area (Å²) in [5, 5.41) is 10.8. The second-order valence-electron chi connectivity index (χ2n) is 9.93. The number of para-hydroxylation sites is 1. The van der Waals surface area contributed by atoms with Crippen molar-refractivity contribution in [3.8, 4) is 0 Å². The zero-order valence-electron chi connectivity index (χ0n) is 20.0. The summed E-state index contributed by atoms with van der Waals surface area (Å²) in [6.07, 6.45) is 2.71. The number of anilines is 1. The Morgan fingerprint density at radius 2 is 1.75 bits per heavy atom. The second kappa shape index (κ2) is 9.63. The predicted molar refractivity (Wildman–Crippen MR) is 133 cm³/mol. The maximum atomic E-state index is 10.8. The fourth-order valence-electron chi connectivity index (χ4n) is 5.16. The molecule has 0 radical (unpaired) electrons. The number of β-amino-alcohol motifs (C(OH)–C–C–N with tert-alkyl or cyclic N) is 1. The molecule has 3 N–H and O–H groups in total. The van der Waals surface area contributed by atoms with Gasteiger partial charge in [-0.25, -0.2) is 4.98 Å². The highest BCUT2D eigenvalue weighted by Crippen LogP contribution is 2.31. The van der Waals surface area contributed by atoms with Gasteiger partial charge in [0.1, 0.15) is 0 Å². The van der Waals surface area contributed by atoms with E-state index >= 15 is 0 Å². The van der Waals surface area contributed by atoms with Crippen LogP contribution in [0.3, 0.4) is 0 Å². The third-order valence-electron chi connectivity index (χ3n) is 7.26. The monoisotopic (exact) mass is 434 g/mol. The minimum atomic E-state index is -0.344. The van der Waals surface area contributed by atoms with Crippen molar-refractivity contribution >= 4 is 17.0 Å². The highest BCUT2D eigenvalue weighted by molar-refractivity contribution is 5.82. The van der Waals surface area contributed by atoms with Crippen LogP contribution < -0.4 is 5.73 Å². The maximum absolute atomic E-state index is 10.8. The Morgan fingerprint density at radius 1 is 1.06 bits per heavy atom. The molecule has 1 aromatic heterocycles. The molecule has 32 heavy (non-hydrogen) atoms. The minimum absolute atomic E-state index is 0.222. The lowest BCUT2D eigenvalue weighted by Crippen LogP contribution is -2.38. The van der Waals surface area contributed by atoms with Gasteiger partial charge in [0.15, 0.2) is 0 Å². The van der Waals surface area contributed by atoms with Gasteiger partial charge in [0, 0.05) is 13.6 Å². The van der Waals surface area contributed by atoms with Crippen molar-refractivity contribution in [2.45, 2.75) is 63.9 Å². The van der Waals surface area contributed by atoms with Gasteiger partial charge in [-0.1, -0.05) is 57.2 Å². The zero-order chi connectivity index (χ0) is 22.8. The average molecular weight is 435 g/mol. The summed E-state index contributed by atoms with van der Waals surface area (Å²) < 4.78 is 1.92. The Labute approximate surface area is 192 Å². The largest absolute Gasteiger partial charge is 0.392 e. The first-order valence-corrected chi connectivity index (χ1v) is 12.0. The number of nitrogens with zero attached hydrogens (tertiary/aromatic N) is 3. The summed E-state index contributed by atoms with van der Waals surface area (Å²) in [4.78, 5) is 6.98. The van der Waals surface area contributed by atoms with Crippen LogP contribution in [0, 0.1) is 0 Å². The van der Waals surface area contributed by atoms with E-state index in [9.17, 15) is 5.11 Å². The van der Waals surface area contributed by atoms with Crippen molar-refractivity contribution < 1.29 is 5.11 Å². The number of nitrogen functional groups attached to an aromatic ring is 1. The van der Waals surface area contributed by atoms with E-state index in [4.69, 9.17) is 5.73 Å². The molecule has 1 aliphatic rings. The standard InChI is InChI=1S/C27H38N4O/c1-18(2)20-8-10-21(11-9-20)22-12-14-31(15-13-22)17-23(32)16-19(3)24-6-5-7-25-26(24)29-27(28)30(25)4/h5-11,18-19,22-23,32H,12-17H2,1-4H3,(H2,28,29). The van der Waals surface area contributed by atoms with E-state index in [1.807, 2.05) is 17.7 Å². The summed E-state index contributed by atoms with van der Waals surface area (Å²) in [6.45, 7) is 9.50. The van der Waals surface area contributed by atoms with E-state index in [-0.39, 0.29) is 12.0 Å². The molecule has 0 bridgehead atoms. The van der Waals surface area contributed by atoms with Gasteiger partial charge >= 0.3 is 0 Å². The number of imidazole rings is 1. The molecule has 1 aliphatic heterocycles. The Bertz CT molecular complexity index is 1030. The molecule has 0 saturated carbocycles. The average Bonchev–Trinajstić information content (AvgIpc) is 3.08. The van der Waals surface area contributed by atoms with Crippen molar-refractivity contribution in [1.29, 1.82) is 0 Å². The number of piperidine rings is 1. The van der Waals surface area contributed by atoms with Crippen LogP contribution in [0.25, 0.3) is 11.0 Å². The quantitative estimate of drug-likeness (QED) is 0.548. The highest BCUT2D eigenvalue weighted by atomic mass is 16.3. The Morgan fingerprint density at radius 3 is 2.41 bits per heavy atom. The zero-order valence-corrected chi connectivity index (χ0v) is 20.0. The molecule has 172 valence electrons. The summed E-state index contributed by atoms with van der Waals surface area (Å²) >= 11 is 0. The Balaban J connectivity index is 1.31. The highest BCUT2D eigenvalue weighted by Gasteiger charge is 2.24. The maximum Gasteiger partial charge on any atom is 0.200 e. The van der Waals surface area contributed by atoms with Gasteiger partial charge in [0.05, 0.1) is 17.1 Å². The lowest BCUT2D eigenvalue weighted by Gasteiger charge is -2.34. The van der Waals surface area contributed by atoms with Crippen LogP contribution >= 0.6 is 0 Å². The smallest absolute Gasteiger partial charge is 0.200 e. The van der Waals surface area contributed by atoms with Crippen molar-refractivity contribution in [2.75, 3.05) is 25.4 Å². The summed E-state index contributed by atoms with van der Waals surface area (Å²) in [7, 11) is 1.94. The summed E-state index contributed by atoms with van der Waals surface area (Å²) in [5.41, 5.74) is 12.1. The van der Waals surface area contributed by atoms with Gasteiger partial charge in [0.25, 0.3) is 0 Å². The number of aryl methyl sites for hydroxylation is 1. The number of nitrogens with two attached hydrogens (primary N) is 1. The molecule has 1 fully saturated rings. The normalized spacial score (nSPS) is 17.8. The fourth-order valence-corrected chi connectivity index (χ4v) is 5.16. The van der Waals surface area contributed by atoms with Crippen molar-refractivity contribution in [3.05, 3.63) is 59.2 Å². The lowest BCUT2D eigenvalue weighted by molar-refractivity contribution is 0.0870. The molecule has 1 saturated heterocycles.